The van der Waals surface area contributed by atoms with Crippen LogP contribution in [0.4, 0.5) is 4.39 Å². The maximum absolute atomic E-state index is 12.7. The number of likely N-dealkylation sites (tertiary alicyclic amines) is 1. The quantitative estimate of drug-likeness (QED) is 0.762. The van der Waals surface area contributed by atoms with Gasteiger partial charge < -0.3 is 9.64 Å². The Morgan fingerprint density at radius 1 is 1.44 bits per heavy atom. The maximum Gasteiger partial charge on any atom is 0.310 e. The highest BCUT2D eigenvalue weighted by Crippen LogP contribution is 2.21. The second kappa shape index (κ2) is 5.16. The van der Waals surface area contributed by atoms with Crippen molar-refractivity contribution in [2.45, 2.75) is 13.0 Å². The monoisotopic (exact) mass is 251 g/mol. The molecule has 0 aliphatic carbocycles. The second-order valence-corrected chi connectivity index (χ2v) is 4.32. The SMILES string of the molecule is COC(=O)[C@H]1CC(=O)N(Cc2ccc(F)cc2)C1. The molecule has 1 aliphatic heterocycles. The Bertz CT molecular complexity index is 458. The molecule has 1 saturated heterocycles. The molecular weight excluding hydrogens is 237 g/mol. The predicted molar refractivity (Wildman–Crippen MR) is 61.9 cm³/mol. The zero-order chi connectivity index (χ0) is 13.1. The fraction of sp³-hybridized carbons (Fsp3) is 0.385. The number of ether oxygens (including phenoxy) is 1. The summed E-state index contributed by atoms with van der Waals surface area (Å²) in [5.41, 5.74) is 0.843. The number of nitrogens with zero attached hydrogens (tertiary/aromatic N) is 1. The van der Waals surface area contributed by atoms with Gasteiger partial charge in [-0.05, 0) is 17.7 Å². The third kappa shape index (κ3) is 2.67. The Morgan fingerprint density at radius 3 is 2.72 bits per heavy atom. The standard InChI is InChI=1S/C13H14FNO3/c1-18-13(17)10-6-12(16)15(8-10)7-9-2-4-11(14)5-3-9/h2-5,10H,6-8H2,1H3/t10-/m0/s1. The minimum Gasteiger partial charge on any atom is -0.469 e. The smallest absolute Gasteiger partial charge is 0.310 e. The number of rotatable bonds is 3. The number of halogens is 1. The Hall–Kier alpha value is -1.91. The Kier molecular flexibility index (Phi) is 3.60. The summed E-state index contributed by atoms with van der Waals surface area (Å²) in [6.07, 6.45) is 0.188. The fourth-order valence-corrected chi connectivity index (χ4v) is 2.06. The van der Waals surface area contributed by atoms with E-state index in [2.05, 4.69) is 4.74 Å². The molecule has 1 fully saturated rings. The Morgan fingerprint density at radius 2 is 2.11 bits per heavy atom. The number of carbonyl (C=O) groups is 2. The van der Waals surface area contributed by atoms with Crippen molar-refractivity contribution in [1.82, 2.24) is 4.90 Å². The molecule has 1 heterocycles. The van der Waals surface area contributed by atoms with Crippen LogP contribution in [0.2, 0.25) is 0 Å². The Balaban J connectivity index is 2.00. The topological polar surface area (TPSA) is 46.6 Å². The molecule has 5 heteroatoms. The number of esters is 1. The Labute approximate surface area is 104 Å². The second-order valence-electron chi connectivity index (χ2n) is 4.32. The first-order valence-electron chi connectivity index (χ1n) is 5.70. The van der Waals surface area contributed by atoms with Gasteiger partial charge in [0.2, 0.25) is 5.91 Å². The molecule has 0 aromatic heterocycles. The number of carbonyl (C=O) groups excluding carboxylic acids is 2. The lowest BCUT2D eigenvalue weighted by Gasteiger charge is -2.16. The summed E-state index contributed by atoms with van der Waals surface area (Å²) in [6.45, 7) is 0.759. The molecule has 1 aliphatic rings. The normalized spacial score (nSPS) is 19.1. The number of benzene rings is 1. The van der Waals surface area contributed by atoms with Crippen LogP contribution in [-0.4, -0.2) is 30.4 Å². The third-order valence-corrected chi connectivity index (χ3v) is 3.04. The molecule has 1 atom stereocenters. The molecule has 96 valence electrons. The van der Waals surface area contributed by atoms with Crippen molar-refractivity contribution in [1.29, 1.82) is 0 Å². The van der Waals surface area contributed by atoms with Crippen LogP contribution in [-0.2, 0) is 20.9 Å². The summed E-state index contributed by atoms with van der Waals surface area (Å²) in [4.78, 5) is 24.7. The molecule has 4 nitrogen and oxygen atoms in total. The third-order valence-electron chi connectivity index (χ3n) is 3.04. The van der Waals surface area contributed by atoms with Gasteiger partial charge in [0.15, 0.2) is 0 Å². The van der Waals surface area contributed by atoms with E-state index in [0.717, 1.165) is 5.56 Å². The minimum absolute atomic E-state index is 0.0743. The van der Waals surface area contributed by atoms with Crippen molar-refractivity contribution >= 4 is 11.9 Å². The number of methoxy groups -OCH3 is 1. The van der Waals surface area contributed by atoms with E-state index in [0.29, 0.717) is 13.1 Å². The van der Waals surface area contributed by atoms with Crippen LogP contribution in [0.3, 0.4) is 0 Å². The number of hydrogen-bond acceptors (Lipinski definition) is 3. The average molecular weight is 251 g/mol. The molecule has 0 radical (unpaired) electrons. The summed E-state index contributed by atoms with van der Waals surface area (Å²) in [6, 6.07) is 5.98. The first-order chi connectivity index (χ1) is 8.60. The number of hydrogen-bond donors (Lipinski definition) is 0. The molecular formula is C13H14FNO3. The van der Waals surface area contributed by atoms with Crippen LogP contribution in [0.15, 0.2) is 24.3 Å². The van der Waals surface area contributed by atoms with Crippen LogP contribution < -0.4 is 0 Å². The summed E-state index contributed by atoms with van der Waals surface area (Å²) in [7, 11) is 1.31. The van der Waals surface area contributed by atoms with Crippen molar-refractivity contribution in [2.24, 2.45) is 5.92 Å². The highest BCUT2D eigenvalue weighted by atomic mass is 19.1. The van der Waals surface area contributed by atoms with Gasteiger partial charge >= 0.3 is 5.97 Å². The molecule has 18 heavy (non-hydrogen) atoms. The van der Waals surface area contributed by atoms with Crippen molar-refractivity contribution < 1.29 is 18.7 Å². The van der Waals surface area contributed by atoms with E-state index in [1.54, 1.807) is 17.0 Å². The summed E-state index contributed by atoms with van der Waals surface area (Å²) >= 11 is 0. The van der Waals surface area contributed by atoms with Gasteiger partial charge in [0.25, 0.3) is 0 Å². The van der Waals surface area contributed by atoms with Gasteiger partial charge in [-0.2, -0.15) is 0 Å². The molecule has 0 saturated carbocycles. The summed E-state index contributed by atoms with van der Waals surface area (Å²) < 4.78 is 17.4. The van der Waals surface area contributed by atoms with Gasteiger partial charge in [-0.3, -0.25) is 9.59 Å². The van der Waals surface area contributed by atoms with E-state index in [9.17, 15) is 14.0 Å². The van der Waals surface area contributed by atoms with Gasteiger partial charge in [-0.25, -0.2) is 4.39 Å². The van der Waals surface area contributed by atoms with Gasteiger partial charge in [-0.1, -0.05) is 12.1 Å². The van der Waals surface area contributed by atoms with Crippen molar-refractivity contribution in [3.05, 3.63) is 35.6 Å². The zero-order valence-corrected chi connectivity index (χ0v) is 10.1. The molecule has 1 aromatic carbocycles. The highest BCUT2D eigenvalue weighted by molar-refractivity contribution is 5.86. The van der Waals surface area contributed by atoms with Crippen LogP contribution >= 0.6 is 0 Å². The largest absolute Gasteiger partial charge is 0.469 e. The van der Waals surface area contributed by atoms with E-state index < -0.39 is 0 Å². The van der Waals surface area contributed by atoms with Gasteiger partial charge in [0.05, 0.1) is 13.0 Å². The fourth-order valence-electron chi connectivity index (χ4n) is 2.06. The molecule has 2 rings (SSSR count). The van der Waals surface area contributed by atoms with E-state index in [1.165, 1.54) is 19.2 Å². The molecule has 0 N–H and O–H groups in total. The maximum atomic E-state index is 12.7. The molecule has 1 amide bonds. The van der Waals surface area contributed by atoms with E-state index in [-0.39, 0.29) is 30.0 Å². The molecule has 0 unspecified atom stereocenters. The van der Waals surface area contributed by atoms with Crippen LogP contribution in [0.25, 0.3) is 0 Å². The lowest BCUT2D eigenvalue weighted by atomic mass is 10.1. The lowest BCUT2D eigenvalue weighted by molar-refractivity contribution is -0.145. The molecule has 1 aromatic rings. The van der Waals surface area contributed by atoms with Gasteiger partial charge in [0, 0.05) is 19.5 Å². The summed E-state index contributed by atoms with van der Waals surface area (Å²) in [5.74, 6) is -1.12. The number of amides is 1. The molecule has 0 bridgehead atoms. The van der Waals surface area contributed by atoms with Crippen molar-refractivity contribution in [3.8, 4) is 0 Å². The van der Waals surface area contributed by atoms with E-state index in [4.69, 9.17) is 0 Å². The average Bonchev–Trinajstić information content (AvgIpc) is 2.73. The first-order valence-corrected chi connectivity index (χ1v) is 5.70. The van der Waals surface area contributed by atoms with E-state index in [1.807, 2.05) is 0 Å². The van der Waals surface area contributed by atoms with E-state index >= 15 is 0 Å². The minimum atomic E-state index is -0.386. The van der Waals surface area contributed by atoms with Crippen LogP contribution in [0.1, 0.15) is 12.0 Å². The van der Waals surface area contributed by atoms with Gasteiger partial charge in [-0.15, -0.1) is 0 Å². The zero-order valence-electron chi connectivity index (χ0n) is 10.1. The first kappa shape index (κ1) is 12.5. The van der Waals surface area contributed by atoms with Crippen molar-refractivity contribution in [2.75, 3.05) is 13.7 Å². The molecule has 0 spiro atoms. The van der Waals surface area contributed by atoms with Gasteiger partial charge in [0.1, 0.15) is 5.82 Å². The predicted octanol–water partition coefficient (Wildman–Crippen LogP) is 1.35. The van der Waals surface area contributed by atoms with Crippen LogP contribution in [0, 0.1) is 11.7 Å². The van der Waals surface area contributed by atoms with Crippen molar-refractivity contribution in [3.63, 3.8) is 0 Å². The highest BCUT2D eigenvalue weighted by Gasteiger charge is 2.34. The summed E-state index contributed by atoms with van der Waals surface area (Å²) in [5, 5.41) is 0. The lowest BCUT2D eigenvalue weighted by Crippen LogP contribution is -2.26. The van der Waals surface area contributed by atoms with Crippen LogP contribution in [0.5, 0.6) is 0 Å².